The molecule has 3 atom stereocenters. The summed E-state index contributed by atoms with van der Waals surface area (Å²) < 4.78 is 0. The molecule has 1 rings (SSSR count). The molecule has 106 valence electrons. The van der Waals surface area contributed by atoms with Crippen LogP contribution in [0.25, 0.3) is 0 Å². The van der Waals surface area contributed by atoms with Crippen molar-refractivity contribution in [2.45, 2.75) is 77.8 Å². The number of carbonyl (C=O) groups is 1. The van der Waals surface area contributed by atoms with Crippen molar-refractivity contribution in [3.05, 3.63) is 0 Å². The number of nitrogens with one attached hydrogen (secondary N) is 2. The highest BCUT2D eigenvalue weighted by molar-refractivity contribution is 5.81. The predicted octanol–water partition coefficient (Wildman–Crippen LogP) is 2.85. The zero-order chi connectivity index (χ0) is 13.4. The van der Waals surface area contributed by atoms with Crippen molar-refractivity contribution in [1.82, 2.24) is 10.6 Å². The summed E-state index contributed by atoms with van der Waals surface area (Å²) in [6.45, 7) is 7.45. The number of rotatable bonds is 7. The quantitative estimate of drug-likeness (QED) is 0.733. The molecule has 3 unspecified atom stereocenters. The summed E-state index contributed by atoms with van der Waals surface area (Å²) in [5.41, 5.74) is 0. The van der Waals surface area contributed by atoms with Gasteiger partial charge in [-0.1, -0.05) is 33.1 Å². The summed E-state index contributed by atoms with van der Waals surface area (Å²) >= 11 is 0. The van der Waals surface area contributed by atoms with Gasteiger partial charge in [0.1, 0.15) is 0 Å². The summed E-state index contributed by atoms with van der Waals surface area (Å²) in [7, 11) is 0. The average molecular weight is 254 g/mol. The Balaban J connectivity index is 2.26. The van der Waals surface area contributed by atoms with Crippen molar-refractivity contribution in [1.29, 1.82) is 0 Å². The molecule has 0 aliphatic carbocycles. The molecule has 1 fully saturated rings. The monoisotopic (exact) mass is 254 g/mol. The van der Waals surface area contributed by atoms with Crippen LogP contribution in [0.15, 0.2) is 0 Å². The van der Waals surface area contributed by atoms with E-state index in [9.17, 15) is 4.79 Å². The van der Waals surface area contributed by atoms with Crippen LogP contribution in [0.4, 0.5) is 0 Å². The predicted molar refractivity (Wildman–Crippen MR) is 76.6 cm³/mol. The summed E-state index contributed by atoms with van der Waals surface area (Å²) in [4.78, 5) is 12.1. The SMILES string of the molecule is CCCCC(CC)CNC(=O)C1CCCC(C)N1. The van der Waals surface area contributed by atoms with Crippen molar-refractivity contribution in [2.75, 3.05) is 6.54 Å². The van der Waals surface area contributed by atoms with Crippen LogP contribution >= 0.6 is 0 Å². The molecule has 1 saturated heterocycles. The van der Waals surface area contributed by atoms with Crippen molar-refractivity contribution in [3.63, 3.8) is 0 Å². The van der Waals surface area contributed by atoms with Crippen LogP contribution < -0.4 is 10.6 Å². The van der Waals surface area contributed by atoms with Gasteiger partial charge in [-0.05, 0) is 38.5 Å². The van der Waals surface area contributed by atoms with Gasteiger partial charge in [-0.25, -0.2) is 0 Å². The molecule has 1 aliphatic heterocycles. The third kappa shape index (κ3) is 5.38. The number of hydrogen-bond acceptors (Lipinski definition) is 2. The van der Waals surface area contributed by atoms with E-state index in [1.165, 1.54) is 32.1 Å². The molecule has 0 bridgehead atoms. The van der Waals surface area contributed by atoms with E-state index in [2.05, 4.69) is 31.4 Å². The molecule has 2 N–H and O–H groups in total. The first kappa shape index (κ1) is 15.5. The van der Waals surface area contributed by atoms with E-state index >= 15 is 0 Å². The smallest absolute Gasteiger partial charge is 0.237 e. The first-order valence-electron chi connectivity index (χ1n) is 7.71. The highest BCUT2D eigenvalue weighted by atomic mass is 16.2. The largest absolute Gasteiger partial charge is 0.354 e. The molecule has 0 aromatic carbocycles. The van der Waals surface area contributed by atoms with E-state index in [0.29, 0.717) is 12.0 Å². The highest BCUT2D eigenvalue weighted by Crippen LogP contribution is 2.14. The van der Waals surface area contributed by atoms with Gasteiger partial charge < -0.3 is 10.6 Å². The first-order valence-corrected chi connectivity index (χ1v) is 7.71. The number of hydrogen-bond donors (Lipinski definition) is 2. The number of piperidine rings is 1. The van der Waals surface area contributed by atoms with E-state index in [-0.39, 0.29) is 11.9 Å². The second-order valence-electron chi connectivity index (χ2n) is 5.71. The van der Waals surface area contributed by atoms with Gasteiger partial charge in [0, 0.05) is 12.6 Å². The van der Waals surface area contributed by atoms with Crippen molar-refractivity contribution in [2.24, 2.45) is 5.92 Å². The molecular formula is C15H30N2O. The lowest BCUT2D eigenvalue weighted by Gasteiger charge is -2.28. The van der Waals surface area contributed by atoms with Crippen LogP contribution in [0.2, 0.25) is 0 Å². The molecule has 1 aliphatic rings. The lowest BCUT2D eigenvalue weighted by molar-refractivity contribution is -0.124. The topological polar surface area (TPSA) is 41.1 Å². The lowest BCUT2D eigenvalue weighted by Crippen LogP contribution is -2.50. The Labute approximate surface area is 112 Å². The van der Waals surface area contributed by atoms with Crippen molar-refractivity contribution in [3.8, 4) is 0 Å². The molecule has 3 heteroatoms. The van der Waals surface area contributed by atoms with Gasteiger partial charge in [0.2, 0.25) is 5.91 Å². The Kier molecular flexibility index (Phi) is 7.33. The number of unbranched alkanes of at least 4 members (excludes halogenated alkanes) is 1. The lowest BCUT2D eigenvalue weighted by atomic mass is 9.97. The van der Waals surface area contributed by atoms with Crippen molar-refractivity contribution >= 4 is 5.91 Å². The fourth-order valence-electron chi connectivity index (χ4n) is 2.66. The van der Waals surface area contributed by atoms with E-state index in [1.54, 1.807) is 0 Å². The van der Waals surface area contributed by atoms with Gasteiger partial charge in [0.25, 0.3) is 0 Å². The molecule has 18 heavy (non-hydrogen) atoms. The molecule has 1 heterocycles. The second kappa shape index (κ2) is 8.52. The zero-order valence-corrected chi connectivity index (χ0v) is 12.3. The van der Waals surface area contributed by atoms with Crippen molar-refractivity contribution < 1.29 is 4.79 Å². The zero-order valence-electron chi connectivity index (χ0n) is 12.3. The highest BCUT2D eigenvalue weighted by Gasteiger charge is 2.24. The summed E-state index contributed by atoms with van der Waals surface area (Å²) in [5, 5.41) is 6.52. The van der Waals surface area contributed by atoms with Crippen LogP contribution in [0, 0.1) is 5.92 Å². The Morgan fingerprint density at radius 2 is 2.17 bits per heavy atom. The average Bonchev–Trinajstić information content (AvgIpc) is 2.38. The van der Waals surface area contributed by atoms with Crippen LogP contribution in [0.3, 0.4) is 0 Å². The molecule has 0 aromatic heterocycles. The minimum absolute atomic E-state index is 0.0393. The normalized spacial score (nSPS) is 25.7. The first-order chi connectivity index (χ1) is 8.67. The number of carbonyl (C=O) groups excluding carboxylic acids is 1. The maximum Gasteiger partial charge on any atom is 0.237 e. The molecule has 0 spiro atoms. The third-order valence-electron chi connectivity index (χ3n) is 4.04. The summed E-state index contributed by atoms with van der Waals surface area (Å²) in [5.74, 6) is 0.853. The molecule has 0 aromatic rings. The molecule has 1 amide bonds. The second-order valence-corrected chi connectivity index (χ2v) is 5.71. The standard InChI is InChI=1S/C15H30N2O/c1-4-6-9-13(5-2)11-16-15(18)14-10-7-8-12(3)17-14/h12-14,17H,4-11H2,1-3H3,(H,16,18). The van der Waals surface area contributed by atoms with Gasteiger partial charge in [0.05, 0.1) is 6.04 Å². The van der Waals surface area contributed by atoms with Gasteiger partial charge in [-0.2, -0.15) is 0 Å². The maximum atomic E-state index is 12.1. The minimum atomic E-state index is 0.0393. The maximum absolute atomic E-state index is 12.1. The number of amides is 1. The van der Waals surface area contributed by atoms with Crippen LogP contribution in [0.5, 0.6) is 0 Å². The van der Waals surface area contributed by atoms with E-state index in [4.69, 9.17) is 0 Å². The molecule has 3 nitrogen and oxygen atoms in total. The minimum Gasteiger partial charge on any atom is -0.354 e. The van der Waals surface area contributed by atoms with Gasteiger partial charge in [-0.15, -0.1) is 0 Å². The van der Waals surface area contributed by atoms with Gasteiger partial charge >= 0.3 is 0 Å². The molecular weight excluding hydrogens is 224 g/mol. The van der Waals surface area contributed by atoms with E-state index in [1.807, 2.05) is 0 Å². The Hall–Kier alpha value is -0.570. The Morgan fingerprint density at radius 1 is 1.39 bits per heavy atom. The summed E-state index contributed by atoms with van der Waals surface area (Å²) in [6.07, 6.45) is 8.26. The fraction of sp³-hybridized carbons (Fsp3) is 0.933. The van der Waals surface area contributed by atoms with Crippen LogP contribution in [0.1, 0.15) is 65.7 Å². The fourth-order valence-corrected chi connectivity index (χ4v) is 2.66. The Bertz CT molecular complexity index is 243. The van der Waals surface area contributed by atoms with Gasteiger partial charge in [0.15, 0.2) is 0 Å². The molecule has 0 radical (unpaired) electrons. The van der Waals surface area contributed by atoms with Crippen LogP contribution in [-0.2, 0) is 4.79 Å². The third-order valence-corrected chi connectivity index (χ3v) is 4.04. The van der Waals surface area contributed by atoms with E-state index in [0.717, 1.165) is 19.4 Å². The van der Waals surface area contributed by atoms with Gasteiger partial charge in [-0.3, -0.25) is 4.79 Å². The molecule has 0 saturated carbocycles. The Morgan fingerprint density at radius 3 is 2.78 bits per heavy atom. The van der Waals surface area contributed by atoms with Crippen LogP contribution in [-0.4, -0.2) is 24.5 Å². The summed E-state index contributed by atoms with van der Waals surface area (Å²) in [6, 6.07) is 0.522. The van der Waals surface area contributed by atoms with E-state index < -0.39 is 0 Å².